The second kappa shape index (κ2) is 40.4. The predicted molar refractivity (Wildman–Crippen MR) is 392 cm³/mol. The second-order valence-corrected chi connectivity index (χ2v) is 26.0. The van der Waals surface area contributed by atoms with Gasteiger partial charge in [-0.2, -0.15) is 0 Å². The predicted octanol–water partition coefficient (Wildman–Crippen LogP) is 16.0. The van der Waals surface area contributed by atoms with Gasteiger partial charge in [0.2, 0.25) is 0 Å². The molecule has 9 saturated heterocycles. The van der Waals surface area contributed by atoms with E-state index in [4.69, 9.17) is 66.3 Å². The highest BCUT2D eigenvalue weighted by atomic mass is 16.6. The van der Waals surface area contributed by atoms with E-state index in [0.29, 0.717) is 75.6 Å². The summed E-state index contributed by atoms with van der Waals surface area (Å²) in [4.78, 5) is 2.40. The van der Waals surface area contributed by atoms with E-state index in [1.165, 1.54) is 57.5 Å². The van der Waals surface area contributed by atoms with Crippen LogP contribution >= 0.6 is 0 Å². The van der Waals surface area contributed by atoms with Gasteiger partial charge in [-0.25, -0.2) is 0 Å². The fraction of sp³-hybridized carbons (Fsp3) is 0.500. The highest BCUT2D eigenvalue weighted by molar-refractivity contribution is 5.53. The van der Waals surface area contributed by atoms with Gasteiger partial charge in [0.15, 0.2) is 0 Å². The third-order valence-corrected chi connectivity index (χ3v) is 17.0. The van der Waals surface area contributed by atoms with Crippen LogP contribution in [0.1, 0.15) is 133 Å². The van der Waals surface area contributed by atoms with Crippen LogP contribution in [0.25, 0.3) is 0 Å². The van der Waals surface area contributed by atoms with Crippen LogP contribution in [0.3, 0.4) is 0 Å². The number of aryl methyl sites for hydroxylation is 1. The third kappa shape index (κ3) is 28.1. The summed E-state index contributed by atoms with van der Waals surface area (Å²) in [5.41, 5.74) is 9.70. The van der Waals surface area contributed by atoms with Gasteiger partial charge in [-0.05, 0) is 145 Å². The molecule has 0 aliphatic carbocycles. The monoisotopic (exact) mass is 1360 g/mol. The molecule has 9 atom stereocenters. The molecular formula is C84H111NO14. The Labute approximate surface area is 590 Å². The lowest BCUT2D eigenvalue weighted by Gasteiger charge is -2.32. The van der Waals surface area contributed by atoms with Crippen molar-refractivity contribution in [1.82, 2.24) is 0 Å². The minimum absolute atomic E-state index is 0.236. The molecule has 9 aliphatic rings. The molecule has 0 saturated carbocycles. The largest absolute Gasteiger partial charge is 0.491 e. The first-order valence-corrected chi connectivity index (χ1v) is 36.6. The van der Waals surface area contributed by atoms with Crippen LogP contribution < -0.4 is 28.6 Å². The summed E-state index contributed by atoms with van der Waals surface area (Å²) in [7, 11) is 0. The molecule has 0 spiro atoms. The SMILES string of the molecule is CC.CC.CC(c1ccc(OCC2CO2)cc1)(c1ccc(OCC2CO2)cc1)c1ccc(OCC2CO2)cc1.CCC.CCC.Cc1ccccc1OCC1CO1.c1cc(C(CC2CO2)CC2CO2)ccc1Cc1ccc(N(CC2CO2)CC2CO2)cc1.c1ccc(OCC2CO2)cc1. The zero-order valence-electron chi connectivity index (χ0n) is 60.5. The van der Waals surface area contributed by atoms with E-state index < -0.39 is 0 Å². The molecule has 9 heterocycles. The Bertz CT molecular complexity index is 3050. The molecule has 7 aromatic rings. The molecule has 0 aromatic heterocycles. The molecule has 16 rings (SSSR count). The summed E-state index contributed by atoms with van der Waals surface area (Å²) in [5, 5.41) is 0. The van der Waals surface area contributed by atoms with Crippen molar-refractivity contribution in [1.29, 1.82) is 0 Å². The number of nitrogens with zero attached hydrogens (tertiary/aromatic N) is 1. The Morgan fingerprint density at radius 2 is 0.667 bits per heavy atom. The number of ether oxygens (including phenoxy) is 14. The van der Waals surface area contributed by atoms with Gasteiger partial charge < -0.3 is 71.2 Å². The quantitative estimate of drug-likeness (QED) is 0.0309. The molecule has 9 fully saturated rings. The Balaban J connectivity index is 0.000000161. The molecule has 9 unspecified atom stereocenters. The lowest BCUT2D eigenvalue weighted by molar-refractivity contribution is 0.262. The van der Waals surface area contributed by atoms with E-state index in [9.17, 15) is 0 Å². The Hall–Kier alpha value is -7.02. The van der Waals surface area contributed by atoms with E-state index in [1.54, 1.807) is 0 Å². The molecular weight excluding hydrogens is 1250 g/mol. The minimum Gasteiger partial charge on any atom is -0.491 e. The fourth-order valence-electron chi connectivity index (χ4n) is 10.7. The van der Waals surface area contributed by atoms with Crippen LogP contribution in [0.15, 0.2) is 176 Å². The average Bonchev–Trinajstić information content (AvgIpc) is 1.42. The van der Waals surface area contributed by atoms with Crippen LogP contribution in [0.2, 0.25) is 0 Å². The summed E-state index contributed by atoms with van der Waals surface area (Å²) >= 11 is 0. The molecule has 9 aliphatic heterocycles. The van der Waals surface area contributed by atoms with E-state index in [2.05, 4.69) is 124 Å². The number of epoxide rings is 9. The Morgan fingerprint density at radius 1 is 0.364 bits per heavy atom. The maximum absolute atomic E-state index is 5.86. The van der Waals surface area contributed by atoms with Crippen molar-refractivity contribution >= 4 is 5.69 Å². The number of para-hydroxylation sites is 2. The fourth-order valence-corrected chi connectivity index (χ4v) is 10.7. The molecule has 15 heteroatoms. The van der Waals surface area contributed by atoms with E-state index in [0.717, 1.165) is 121 Å². The first-order valence-electron chi connectivity index (χ1n) is 36.6. The number of rotatable bonds is 30. The summed E-state index contributed by atoms with van der Waals surface area (Å²) < 4.78 is 76.2. The summed E-state index contributed by atoms with van der Waals surface area (Å²) in [5.74, 6) is 4.98. The van der Waals surface area contributed by atoms with Crippen molar-refractivity contribution in [2.24, 2.45) is 0 Å². The van der Waals surface area contributed by atoms with E-state index in [1.807, 2.05) is 126 Å². The van der Waals surface area contributed by atoms with Crippen molar-refractivity contribution in [2.45, 2.75) is 168 Å². The molecule has 0 radical (unpaired) electrons. The minimum atomic E-state index is -0.381. The number of benzene rings is 7. The van der Waals surface area contributed by atoms with Gasteiger partial charge in [-0.1, -0.05) is 177 Å². The molecule has 0 bridgehead atoms. The number of hydrogen-bond acceptors (Lipinski definition) is 15. The molecule has 536 valence electrons. The molecule has 99 heavy (non-hydrogen) atoms. The van der Waals surface area contributed by atoms with Gasteiger partial charge in [0.05, 0.1) is 83.9 Å². The first-order chi connectivity index (χ1) is 48.6. The van der Waals surface area contributed by atoms with Crippen molar-refractivity contribution in [2.75, 3.05) is 110 Å². The summed E-state index contributed by atoms with van der Waals surface area (Å²) in [6.07, 6.45) is 8.78. The van der Waals surface area contributed by atoms with E-state index in [-0.39, 0.29) is 23.7 Å². The topological polar surface area (TPSA) is 162 Å². The smallest absolute Gasteiger partial charge is 0.122 e. The highest BCUT2D eigenvalue weighted by Gasteiger charge is 2.35. The van der Waals surface area contributed by atoms with Crippen molar-refractivity contribution < 1.29 is 66.3 Å². The van der Waals surface area contributed by atoms with Gasteiger partial charge in [0, 0.05) is 24.2 Å². The lowest BCUT2D eigenvalue weighted by Crippen LogP contribution is -2.31. The van der Waals surface area contributed by atoms with Crippen LogP contribution in [0.5, 0.6) is 28.7 Å². The van der Waals surface area contributed by atoms with Gasteiger partial charge in [0.25, 0.3) is 0 Å². The molecule has 0 amide bonds. The maximum Gasteiger partial charge on any atom is 0.122 e. The zero-order chi connectivity index (χ0) is 69.6. The van der Waals surface area contributed by atoms with Crippen LogP contribution in [-0.2, 0) is 54.5 Å². The van der Waals surface area contributed by atoms with Crippen molar-refractivity contribution in [3.63, 3.8) is 0 Å². The normalized spacial score (nSPS) is 22.7. The van der Waals surface area contributed by atoms with Crippen LogP contribution in [0.4, 0.5) is 5.69 Å². The van der Waals surface area contributed by atoms with Crippen LogP contribution in [0, 0.1) is 6.92 Å². The average molecular weight is 1360 g/mol. The zero-order valence-corrected chi connectivity index (χ0v) is 60.5. The number of anilines is 1. The standard InChI is InChI=1S/C29H30O6.C26H31NO4.C10H12O2.C9H10O2.2C3H8.2C2H6/c1-29(20-2-8-23(9-3-20)30-14-26-17-33-26,21-4-10-24(11-5-21)31-15-27-18-34-27)22-6-12-25(13-7-22)32-16-28-19-35-28;1-5-20(21(10-23-14-28-23)11-24-15-29-24)6-2-18(1)9-19-3-7-22(8-4-19)27(12-25-16-30-25)13-26-17-31-26;1-8-4-2-3-5-10(8)12-7-9-6-11-9;1-2-4-8(5-3-1)10-6-9-7-11-9;2*1-3-2;2*1-2/h2-13,26-28H,14-19H2,1H3;1-8,21,23-26H,9-17H2;2-5,9H,6-7H2,1H3;1-5,9H,6-7H2;2*3H2,1-2H3;2*1-2H3. The number of hydrogen-bond donors (Lipinski definition) is 0. The summed E-state index contributed by atoms with van der Waals surface area (Å²) in [6, 6.07) is 61.1. The molecule has 7 aromatic carbocycles. The second-order valence-electron chi connectivity index (χ2n) is 26.0. The first kappa shape index (κ1) is 76.2. The van der Waals surface area contributed by atoms with Crippen molar-refractivity contribution in [3.05, 3.63) is 215 Å². The van der Waals surface area contributed by atoms with Crippen molar-refractivity contribution in [3.8, 4) is 28.7 Å². The lowest BCUT2D eigenvalue weighted by atomic mass is 9.71. The van der Waals surface area contributed by atoms with Gasteiger partial charge >= 0.3 is 0 Å². The summed E-state index contributed by atoms with van der Waals surface area (Å²) in [6.45, 7) is 33.6. The highest BCUT2D eigenvalue weighted by Crippen LogP contribution is 2.41. The van der Waals surface area contributed by atoms with Crippen LogP contribution in [-0.4, -0.2) is 161 Å². The van der Waals surface area contributed by atoms with Gasteiger partial charge in [-0.15, -0.1) is 0 Å². The maximum atomic E-state index is 5.86. The Morgan fingerprint density at radius 3 is 1.00 bits per heavy atom. The van der Waals surface area contributed by atoms with Gasteiger partial charge in [-0.3, -0.25) is 0 Å². The molecule has 15 nitrogen and oxygen atoms in total. The third-order valence-electron chi connectivity index (χ3n) is 17.0. The van der Waals surface area contributed by atoms with Gasteiger partial charge in [0.1, 0.15) is 92.3 Å². The Kier molecular flexibility index (Phi) is 31.1. The molecule has 0 N–H and O–H groups in total. The van der Waals surface area contributed by atoms with E-state index >= 15 is 0 Å².